The molecule has 0 spiro atoms. The van der Waals surface area contributed by atoms with Crippen LogP contribution >= 0.6 is 0 Å². The summed E-state index contributed by atoms with van der Waals surface area (Å²) in [6, 6.07) is 0. The summed E-state index contributed by atoms with van der Waals surface area (Å²) in [5.74, 6) is -0.658. The minimum atomic E-state index is -0.354. The summed E-state index contributed by atoms with van der Waals surface area (Å²) in [5, 5.41) is 0. The molecule has 4 nitrogen and oxygen atoms in total. The summed E-state index contributed by atoms with van der Waals surface area (Å²) in [4.78, 5) is 22.1. The Morgan fingerprint density at radius 1 is 1.18 bits per heavy atom. The first-order valence-corrected chi connectivity index (χ1v) is 5.99. The molecule has 0 aromatic carbocycles. The van der Waals surface area contributed by atoms with E-state index in [-0.39, 0.29) is 24.1 Å². The van der Waals surface area contributed by atoms with E-state index in [1.54, 1.807) is 0 Å². The molecular weight excluding hydrogens is 220 g/mol. The summed E-state index contributed by atoms with van der Waals surface area (Å²) < 4.78 is 10.5. The van der Waals surface area contributed by atoms with E-state index in [4.69, 9.17) is 9.47 Å². The van der Waals surface area contributed by atoms with Gasteiger partial charge in [0.1, 0.15) is 12.2 Å². The van der Waals surface area contributed by atoms with Crippen LogP contribution in [0.15, 0.2) is 11.6 Å². The van der Waals surface area contributed by atoms with Crippen LogP contribution in [0.4, 0.5) is 0 Å². The van der Waals surface area contributed by atoms with Gasteiger partial charge in [0.05, 0.1) is 0 Å². The second-order valence-electron chi connectivity index (χ2n) is 4.48. The van der Waals surface area contributed by atoms with Crippen molar-refractivity contribution in [3.8, 4) is 0 Å². The Balaban J connectivity index is 2.76. The van der Waals surface area contributed by atoms with Gasteiger partial charge in [-0.1, -0.05) is 11.6 Å². The van der Waals surface area contributed by atoms with E-state index in [1.165, 1.54) is 19.4 Å². The van der Waals surface area contributed by atoms with E-state index in [2.05, 4.69) is 6.08 Å². The monoisotopic (exact) mass is 240 g/mol. The minimum Gasteiger partial charge on any atom is -0.459 e. The summed E-state index contributed by atoms with van der Waals surface area (Å²) in [6.45, 7) is 4.77. The van der Waals surface area contributed by atoms with Gasteiger partial charge in [0, 0.05) is 20.3 Å². The van der Waals surface area contributed by atoms with Gasteiger partial charge in [-0.15, -0.1) is 0 Å². The number of rotatable bonds is 2. The lowest BCUT2D eigenvalue weighted by Gasteiger charge is -2.28. The van der Waals surface area contributed by atoms with E-state index >= 15 is 0 Å². The molecular formula is C13H20O4. The Labute approximate surface area is 102 Å². The van der Waals surface area contributed by atoms with Crippen molar-refractivity contribution in [3.05, 3.63) is 11.6 Å². The van der Waals surface area contributed by atoms with Crippen LogP contribution in [-0.4, -0.2) is 24.1 Å². The summed E-state index contributed by atoms with van der Waals surface area (Å²) in [7, 11) is 0. The van der Waals surface area contributed by atoms with Gasteiger partial charge in [-0.3, -0.25) is 9.59 Å². The molecule has 1 aliphatic rings. The molecule has 0 amide bonds. The fourth-order valence-electron chi connectivity index (χ4n) is 2.06. The molecule has 0 saturated carbocycles. The standard InChI is InChI=1S/C13H20O4/c1-9-6-4-5-7-12(16-10(2)14)13(8-9)17-11(3)15/h6,12-13H,4-5,7-8H2,1-3H3/b9-6-. The van der Waals surface area contributed by atoms with Gasteiger partial charge in [0.2, 0.25) is 0 Å². The van der Waals surface area contributed by atoms with Crippen molar-refractivity contribution in [2.75, 3.05) is 0 Å². The molecule has 17 heavy (non-hydrogen) atoms. The van der Waals surface area contributed by atoms with Gasteiger partial charge in [-0.05, 0) is 26.2 Å². The Kier molecular flexibility index (Phi) is 5.19. The van der Waals surface area contributed by atoms with Crippen LogP contribution in [0.1, 0.15) is 46.5 Å². The summed E-state index contributed by atoms with van der Waals surface area (Å²) in [6.07, 6.45) is 4.77. The van der Waals surface area contributed by atoms with Crippen LogP contribution in [-0.2, 0) is 19.1 Å². The highest BCUT2D eigenvalue weighted by Gasteiger charge is 2.27. The second-order valence-corrected chi connectivity index (χ2v) is 4.48. The maximum atomic E-state index is 11.1. The quantitative estimate of drug-likeness (QED) is 0.549. The van der Waals surface area contributed by atoms with Crippen LogP contribution < -0.4 is 0 Å². The van der Waals surface area contributed by atoms with Crippen LogP contribution in [0.2, 0.25) is 0 Å². The van der Waals surface area contributed by atoms with Gasteiger partial charge in [-0.2, -0.15) is 0 Å². The lowest BCUT2D eigenvalue weighted by Crippen LogP contribution is -2.35. The SMILES string of the molecule is CC(=O)OC1CCC/C=C(/C)CC1OC(C)=O. The van der Waals surface area contributed by atoms with Crippen molar-refractivity contribution in [1.82, 2.24) is 0 Å². The fraction of sp³-hybridized carbons (Fsp3) is 0.692. The minimum absolute atomic E-state index is 0.319. The van der Waals surface area contributed by atoms with Crippen LogP contribution in [0, 0.1) is 0 Å². The van der Waals surface area contributed by atoms with Crippen molar-refractivity contribution in [2.24, 2.45) is 0 Å². The lowest BCUT2D eigenvalue weighted by molar-refractivity contribution is -0.166. The fourth-order valence-corrected chi connectivity index (χ4v) is 2.06. The zero-order chi connectivity index (χ0) is 12.8. The van der Waals surface area contributed by atoms with Gasteiger partial charge < -0.3 is 9.47 Å². The summed E-state index contributed by atoms with van der Waals surface area (Å²) >= 11 is 0. The zero-order valence-electron chi connectivity index (χ0n) is 10.7. The number of carbonyl (C=O) groups is 2. The summed E-state index contributed by atoms with van der Waals surface area (Å²) in [5.41, 5.74) is 1.17. The number of esters is 2. The molecule has 4 heteroatoms. The molecule has 1 rings (SSSR count). The third-order valence-corrected chi connectivity index (χ3v) is 2.76. The molecule has 1 aliphatic carbocycles. The Morgan fingerprint density at radius 2 is 1.76 bits per heavy atom. The lowest BCUT2D eigenvalue weighted by atomic mass is 9.96. The number of ether oxygens (including phenoxy) is 2. The third kappa shape index (κ3) is 5.02. The van der Waals surface area contributed by atoms with E-state index in [0.717, 1.165) is 19.3 Å². The Hall–Kier alpha value is -1.32. The first-order valence-electron chi connectivity index (χ1n) is 5.99. The molecule has 0 fully saturated rings. The Morgan fingerprint density at radius 3 is 2.35 bits per heavy atom. The van der Waals surface area contributed by atoms with E-state index in [1.807, 2.05) is 6.92 Å². The average Bonchev–Trinajstić information content (AvgIpc) is 2.18. The largest absolute Gasteiger partial charge is 0.459 e. The zero-order valence-corrected chi connectivity index (χ0v) is 10.7. The van der Waals surface area contributed by atoms with Crippen LogP contribution in [0.3, 0.4) is 0 Å². The molecule has 0 N–H and O–H groups in total. The smallest absolute Gasteiger partial charge is 0.303 e. The highest BCUT2D eigenvalue weighted by molar-refractivity contribution is 5.67. The molecule has 2 unspecified atom stereocenters. The van der Waals surface area contributed by atoms with Crippen molar-refractivity contribution < 1.29 is 19.1 Å². The molecule has 96 valence electrons. The molecule has 0 radical (unpaired) electrons. The molecule has 2 atom stereocenters. The highest BCUT2D eigenvalue weighted by Crippen LogP contribution is 2.23. The van der Waals surface area contributed by atoms with E-state index < -0.39 is 0 Å². The molecule has 0 heterocycles. The van der Waals surface area contributed by atoms with Crippen molar-refractivity contribution >= 4 is 11.9 Å². The topological polar surface area (TPSA) is 52.6 Å². The highest BCUT2D eigenvalue weighted by atomic mass is 16.6. The molecule has 0 aromatic rings. The second kappa shape index (κ2) is 6.42. The maximum Gasteiger partial charge on any atom is 0.303 e. The van der Waals surface area contributed by atoms with Crippen molar-refractivity contribution in [3.63, 3.8) is 0 Å². The number of hydrogen-bond acceptors (Lipinski definition) is 4. The first-order chi connectivity index (χ1) is 7.99. The molecule has 0 bridgehead atoms. The van der Waals surface area contributed by atoms with Crippen LogP contribution in [0.25, 0.3) is 0 Å². The molecule has 0 aliphatic heterocycles. The van der Waals surface area contributed by atoms with E-state index in [9.17, 15) is 9.59 Å². The van der Waals surface area contributed by atoms with Gasteiger partial charge in [0.25, 0.3) is 0 Å². The predicted octanol–water partition coefficient (Wildman–Crippen LogP) is 2.37. The van der Waals surface area contributed by atoms with Crippen molar-refractivity contribution in [2.45, 2.75) is 58.7 Å². The molecule has 0 aromatic heterocycles. The maximum absolute atomic E-state index is 11.1. The predicted molar refractivity (Wildman–Crippen MR) is 63.3 cm³/mol. The number of carbonyl (C=O) groups excluding carboxylic acids is 2. The van der Waals surface area contributed by atoms with E-state index in [0.29, 0.717) is 6.42 Å². The van der Waals surface area contributed by atoms with Gasteiger partial charge >= 0.3 is 11.9 Å². The number of hydrogen-bond donors (Lipinski definition) is 0. The Bertz CT molecular complexity index is 319. The average molecular weight is 240 g/mol. The molecule has 0 saturated heterocycles. The number of allylic oxidation sites excluding steroid dienone is 1. The normalized spacial score (nSPS) is 28.3. The first kappa shape index (κ1) is 13.7. The van der Waals surface area contributed by atoms with Crippen LogP contribution in [0.5, 0.6) is 0 Å². The van der Waals surface area contributed by atoms with Gasteiger partial charge in [0.15, 0.2) is 0 Å². The third-order valence-electron chi connectivity index (χ3n) is 2.76. The van der Waals surface area contributed by atoms with Gasteiger partial charge in [-0.25, -0.2) is 0 Å². The van der Waals surface area contributed by atoms with Crippen molar-refractivity contribution in [1.29, 1.82) is 0 Å².